The molecule has 0 unspecified atom stereocenters. The summed E-state index contributed by atoms with van der Waals surface area (Å²) < 4.78 is 30.8. The molecule has 0 N–H and O–H groups in total. The first kappa shape index (κ1) is 15.3. The van der Waals surface area contributed by atoms with Crippen LogP contribution in [0, 0.1) is 12.7 Å². The molecule has 0 amide bonds. The second-order valence-corrected chi connectivity index (χ2v) is 6.37. The summed E-state index contributed by atoms with van der Waals surface area (Å²) in [5, 5.41) is 0.677. The monoisotopic (exact) mass is 272 g/mol. The molecule has 0 atom stereocenters. The smallest absolute Gasteiger partial charge is 0.370 e. The van der Waals surface area contributed by atoms with Crippen molar-refractivity contribution >= 4 is 14.0 Å². The van der Waals surface area contributed by atoms with Gasteiger partial charge in [-0.05, 0) is 39.3 Å². The molecule has 0 fully saturated rings. The molecule has 0 radical (unpaired) electrons. The summed E-state index contributed by atoms with van der Waals surface area (Å²) >= 11 is 0. The van der Waals surface area contributed by atoms with Gasteiger partial charge in [0.25, 0.3) is 0 Å². The van der Waals surface area contributed by atoms with Gasteiger partial charge < -0.3 is 13.3 Å². The molecular weight excluding hydrogens is 251 g/mol. The Hall–Kier alpha value is -0.753. The van der Waals surface area contributed by atoms with E-state index in [9.17, 15) is 4.39 Å². The van der Waals surface area contributed by atoms with Crippen LogP contribution >= 0.6 is 0 Å². The zero-order valence-corrected chi connectivity index (χ0v) is 12.5. The van der Waals surface area contributed by atoms with Crippen molar-refractivity contribution in [2.45, 2.75) is 27.7 Å². The van der Waals surface area contributed by atoms with Crippen molar-refractivity contribution in [3.05, 3.63) is 29.6 Å². The average molecular weight is 272 g/mol. The molecule has 0 bridgehead atoms. The van der Waals surface area contributed by atoms with Crippen LogP contribution in [0.5, 0.6) is 0 Å². The number of benzene rings is 1. The lowest BCUT2D eigenvalue weighted by molar-refractivity contribution is 0.0858. The van der Waals surface area contributed by atoms with Gasteiger partial charge in [-0.15, -0.1) is 0 Å². The van der Waals surface area contributed by atoms with E-state index in [4.69, 9.17) is 13.3 Å². The van der Waals surface area contributed by atoms with Crippen LogP contribution in [-0.2, 0) is 13.3 Å². The molecule has 1 rings (SSSR count). The lowest BCUT2D eigenvalue weighted by Gasteiger charge is -2.28. The van der Waals surface area contributed by atoms with Crippen molar-refractivity contribution in [3.63, 3.8) is 0 Å². The molecule has 5 heteroatoms. The van der Waals surface area contributed by atoms with E-state index < -0.39 is 8.80 Å². The number of hydrogen-bond acceptors (Lipinski definition) is 3. The van der Waals surface area contributed by atoms with E-state index in [1.54, 1.807) is 13.0 Å². The highest BCUT2D eigenvalue weighted by atomic mass is 28.4. The third kappa shape index (κ3) is 3.38. The maximum Gasteiger partial charge on any atom is 0.537 e. The van der Waals surface area contributed by atoms with E-state index >= 15 is 0 Å². The lowest BCUT2D eigenvalue weighted by atomic mass is 10.2. The topological polar surface area (TPSA) is 27.7 Å². The van der Waals surface area contributed by atoms with Crippen LogP contribution in [-0.4, -0.2) is 28.6 Å². The standard InChI is InChI=1S/C13H21FO3Si/c1-5-15-18(16-6-2,17-7-3)12-9-8-11(4)13(14)10-12/h8-10H,5-7H2,1-4H3. The number of rotatable bonds is 7. The molecule has 0 aliphatic carbocycles. The first-order chi connectivity index (χ1) is 8.59. The van der Waals surface area contributed by atoms with Crippen LogP contribution in [0.3, 0.4) is 0 Å². The van der Waals surface area contributed by atoms with Crippen LogP contribution in [0.2, 0.25) is 0 Å². The van der Waals surface area contributed by atoms with Gasteiger partial charge in [-0.25, -0.2) is 4.39 Å². The first-order valence-corrected chi connectivity index (χ1v) is 8.00. The summed E-state index contributed by atoms with van der Waals surface area (Å²) in [6.45, 7) is 8.79. The van der Waals surface area contributed by atoms with E-state index in [2.05, 4.69) is 0 Å². The third-order valence-corrected chi connectivity index (χ3v) is 5.55. The molecule has 1 aromatic carbocycles. The fourth-order valence-corrected chi connectivity index (χ4v) is 4.21. The second kappa shape index (κ2) is 6.99. The predicted molar refractivity (Wildman–Crippen MR) is 71.4 cm³/mol. The Kier molecular flexibility index (Phi) is 5.94. The van der Waals surface area contributed by atoms with E-state index in [-0.39, 0.29) is 5.82 Å². The number of halogens is 1. The summed E-state index contributed by atoms with van der Waals surface area (Å²) in [5.41, 5.74) is 0.603. The van der Waals surface area contributed by atoms with Gasteiger partial charge in [-0.3, -0.25) is 0 Å². The normalized spacial score (nSPS) is 11.8. The zero-order chi connectivity index (χ0) is 13.6. The molecule has 0 saturated carbocycles. The molecule has 0 aromatic heterocycles. The molecule has 0 heterocycles. The Balaban J connectivity index is 3.16. The Labute approximate surface area is 109 Å². The minimum absolute atomic E-state index is 0.261. The van der Waals surface area contributed by atoms with Crippen molar-refractivity contribution in [3.8, 4) is 0 Å². The van der Waals surface area contributed by atoms with E-state index in [1.807, 2.05) is 26.8 Å². The third-order valence-electron chi connectivity index (χ3n) is 2.53. The van der Waals surface area contributed by atoms with E-state index in [0.717, 1.165) is 0 Å². The molecule has 18 heavy (non-hydrogen) atoms. The summed E-state index contributed by atoms with van der Waals surface area (Å²) in [7, 11) is -2.97. The summed E-state index contributed by atoms with van der Waals surface area (Å²) in [6, 6.07) is 5.01. The van der Waals surface area contributed by atoms with Crippen LogP contribution in [0.15, 0.2) is 18.2 Å². The molecule has 0 aliphatic rings. The van der Waals surface area contributed by atoms with Crippen LogP contribution in [0.25, 0.3) is 0 Å². The number of aryl methyl sites for hydroxylation is 1. The van der Waals surface area contributed by atoms with Crippen molar-refractivity contribution in [1.82, 2.24) is 0 Å². The summed E-state index contributed by atoms with van der Waals surface area (Å²) in [5.74, 6) is -0.261. The van der Waals surface area contributed by atoms with Gasteiger partial charge in [0.15, 0.2) is 0 Å². The molecule has 1 aromatic rings. The average Bonchev–Trinajstić information content (AvgIpc) is 2.33. The summed E-state index contributed by atoms with van der Waals surface area (Å²) in [6.07, 6.45) is 0. The van der Waals surface area contributed by atoms with Gasteiger partial charge in [-0.2, -0.15) is 0 Å². The minimum Gasteiger partial charge on any atom is -0.370 e. The first-order valence-electron chi connectivity index (χ1n) is 6.28. The van der Waals surface area contributed by atoms with E-state index in [1.165, 1.54) is 6.07 Å². The van der Waals surface area contributed by atoms with Crippen LogP contribution in [0.4, 0.5) is 4.39 Å². The van der Waals surface area contributed by atoms with Crippen molar-refractivity contribution < 1.29 is 17.7 Å². The van der Waals surface area contributed by atoms with Gasteiger partial charge in [0.1, 0.15) is 5.82 Å². The van der Waals surface area contributed by atoms with E-state index in [0.29, 0.717) is 30.6 Å². The highest BCUT2D eigenvalue weighted by Gasteiger charge is 2.43. The highest BCUT2D eigenvalue weighted by Crippen LogP contribution is 2.13. The SMILES string of the molecule is CCO[Si](OCC)(OCC)c1ccc(C)c(F)c1. The van der Waals surface area contributed by atoms with Crippen molar-refractivity contribution in [2.75, 3.05) is 19.8 Å². The molecule has 102 valence electrons. The Morgan fingerprint density at radius 2 is 1.50 bits per heavy atom. The molecule has 0 saturated heterocycles. The van der Waals surface area contributed by atoms with Gasteiger partial charge in [0, 0.05) is 25.0 Å². The summed E-state index contributed by atoms with van der Waals surface area (Å²) in [4.78, 5) is 0. The molecule has 3 nitrogen and oxygen atoms in total. The maximum absolute atomic E-state index is 13.7. The predicted octanol–water partition coefficient (Wildman–Crippen LogP) is 2.39. The van der Waals surface area contributed by atoms with Crippen LogP contribution in [0.1, 0.15) is 26.3 Å². The highest BCUT2D eigenvalue weighted by molar-refractivity contribution is 6.75. The molecular formula is C13H21FO3Si. The molecule has 0 spiro atoms. The minimum atomic E-state index is -2.97. The number of hydrogen-bond donors (Lipinski definition) is 0. The Morgan fingerprint density at radius 1 is 1.00 bits per heavy atom. The largest absolute Gasteiger partial charge is 0.537 e. The van der Waals surface area contributed by atoms with Crippen LogP contribution < -0.4 is 5.19 Å². The maximum atomic E-state index is 13.7. The van der Waals surface area contributed by atoms with Crippen molar-refractivity contribution in [1.29, 1.82) is 0 Å². The van der Waals surface area contributed by atoms with Gasteiger partial charge in [0.2, 0.25) is 0 Å². The quantitative estimate of drug-likeness (QED) is 0.713. The fourth-order valence-electron chi connectivity index (χ4n) is 1.73. The van der Waals surface area contributed by atoms with Gasteiger partial charge >= 0.3 is 8.80 Å². The lowest BCUT2D eigenvalue weighted by Crippen LogP contribution is -2.57. The zero-order valence-electron chi connectivity index (χ0n) is 11.5. The fraction of sp³-hybridized carbons (Fsp3) is 0.538. The van der Waals surface area contributed by atoms with Gasteiger partial charge in [-0.1, -0.05) is 12.1 Å². The molecule has 0 aliphatic heterocycles. The van der Waals surface area contributed by atoms with Crippen molar-refractivity contribution in [2.24, 2.45) is 0 Å². The Morgan fingerprint density at radius 3 is 1.89 bits per heavy atom. The second-order valence-electron chi connectivity index (χ2n) is 3.82. The van der Waals surface area contributed by atoms with Gasteiger partial charge in [0.05, 0.1) is 0 Å². The Bertz CT molecular complexity index is 367.